The highest BCUT2D eigenvalue weighted by atomic mass is 32.1. The molecule has 0 radical (unpaired) electrons. The maximum atomic E-state index is 3.99. The minimum Gasteiger partial charge on any atom is -0.330 e. The maximum absolute atomic E-state index is 3.99. The Morgan fingerprint density at radius 3 is 2.75 bits per heavy atom. The van der Waals surface area contributed by atoms with Crippen molar-refractivity contribution in [3.05, 3.63) is 30.9 Å². The zero-order valence-corrected chi connectivity index (χ0v) is 6.95. The van der Waals surface area contributed by atoms with Crippen LogP contribution in [0.4, 0.5) is 10.8 Å². The van der Waals surface area contributed by atoms with Gasteiger partial charge in [-0.3, -0.25) is 4.98 Å². The molecule has 0 unspecified atom stereocenters. The van der Waals surface area contributed by atoms with Gasteiger partial charge in [-0.25, -0.2) is 4.98 Å². The summed E-state index contributed by atoms with van der Waals surface area (Å²) in [5.41, 5.74) is 0.974. The molecule has 0 saturated carbocycles. The minimum atomic E-state index is 0.793. The van der Waals surface area contributed by atoms with Crippen LogP contribution in [-0.4, -0.2) is 14.3 Å². The third-order valence-electron chi connectivity index (χ3n) is 1.29. The van der Waals surface area contributed by atoms with E-state index in [2.05, 4.69) is 19.7 Å². The number of rotatable bonds is 2. The Morgan fingerprint density at radius 1 is 1.25 bits per heavy atom. The van der Waals surface area contributed by atoms with Gasteiger partial charge in [-0.15, -0.1) is 0 Å². The van der Waals surface area contributed by atoms with E-state index in [1.807, 2.05) is 12.1 Å². The molecule has 0 spiro atoms. The van der Waals surface area contributed by atoms with E-state index in [9.17, 15) is 0 Å². The maximum Gasteiger partial charge on any atom is 0.206 e. The smallest absolute Gasteiger partial charge is 0.206 e. The predicted molar refractivity (Wildman–Crippen MR) is 47.4 cm³/mol. The molecule has 0 aliphatic heterocycles. The molecule has 0 saturated heterocycles. The van der Waals surface area contributed by atoms with Crippen molar-refractivity contribution in [1.82, 2.24) is 14.3 Å². The van der Waals surface area contributed by atoms with E-state index >= 15 is 0 Å². The standard InChI is InChI=1S/C7H6N4S/c1-3-8-4-2-6(1)11-7-9-5-10-12-7/h1-5H,(H,8,9,10,11). The fourth-order valence-corrected chi connectivity index (χ4v) is 1.24. The second-order valence-electron chi connectivity index (χ2n) is 2.11. The van der Waals surface area contributed by atoms with E-state index in [0.717, 1.165) is 10.8 Å². The van der Waals surface area contributed by atoms with E-state index in [0.29, 0.717) is 0 Å². The molecule has 0 aliphatic carbocycles. The van der Waals surface area contributed by atoms with Gasteiger partial charge in [-0.05, 0) is 12.1 Å². The summed E-state index contributed by atoms with van der Waals surface area (Å²) < 4.78 is 3.87. The van der Waals surface area contributed by atoms with Crippen LogP contribution in [0.25, 0.3) is 0 Å². The van der Waals surface area contributed by atoms with E-state index in [-0.39, 0.29) is 0 Å². The van der Waals surface area contributed by atoms with E-state index in [1.54, 1.807) is 12.4 Å². The largest absolute Gasteiger partial charge is 0.330 e. The van der Waals surface area contributed by atoms with E-state index < -0.39 is 0 Å². The topological polar surface area (TPSA) is 50.7 Å². The van der Waals surface area contributed by atoms with Crippen LogP contribution in [0.2, 0.25) is 0 Å². The molecule has 0 aromatic carbocycles. The van der Waals surface area contributed by atoms with Gasteiger partial charge in [0, 0.05) is 29.6 Å². The lowest BCUT2D eigenvalue weighted by Gasteiger charge is -1.98. The Balaban J connectivity index is 2.15. The first-order valence-electron chi connectivity index (χ1n) is 3.39. The predicted octanol–water partition coefficient (Wildman–Crippen LogP) is 1.68. The molecule has 60 valence electrons. The number of nitrogens with one attached hydrogen (secondary N) is 1. The molecule has 0 aliphatic rings. The van der Waals surface area contributed by atoms with Gasteiger partial charge in [-0.2, -0.15) is 4.37 Å². The van der Waals surface area contributed by atoms with Gasteiger partial charge < -0.3 is 5.32 Å². The highest BCUT2D eigenvalue weighted by Crippen LogP contribution is 2.14. The SMILES string of the molecule is c1cc(Nc2ncns2)ccn1. The lowest BCUT2D eigenvalue weighted by molar-refractivity contribution is 1.30. The summed E-state index contributed by atoms with van der Waals surface area (Å²) >= 11 is 1.33. The van der Waals surface area contributed by atoms with Crippen molar-refractivity contribution in [1.29, 1.82) is 0 Å². The van der Waals surface area contributed by atoms with Crippen molar-refractivity contribution < 1.29 is 0 Å². The number of anilines is 2. The van der Waals surface area contributed by atoms with Crippen LogP contribution in [0.1, 0.15) is 0 Å². The van der Waals surface area contributed by atoms with Gasteiger partial charge in [0.15, 0.2) is 0 Å². The molecule has 2 rings (SSSR count). The zero-order valence-electron chi connectivity index (χ0n) is 6.14. The third-order valence-corrected chi connectivity index (χ3v) is 1.87. The van der Waals surface area contributed by atoms with Gasteiger partial charge >= 0.3 is 0 Å². The van der Waals surface area contributed by atoms with Gasteiger partial charge in [0.05, 0.1) is 0 Å². The van der Waals surface area contributed by atoms with Gasteiger partial charge in [-0.1, -0.05) is 0 Å². The van der Waals surface area contributed by atoms with Crippen molar-refractivity contribution in [3.8, 4) is 0 Å². The van der Waals surface area contributed by atoms with Crippen molar-refractivity contribution in [2.45, 2.75) is 0 Å². The first-order valence-corrected chi connectivity index (χ1v) is 4.16. The van der Waals surface area contributed by atoms with Crippen LogP contribution in [-0.2, 0) is 0 Å². The average molecular weight is 178 g/mol. The Kier molecular flexibility index (Phi) is 1.96. The first-order chi connectivity index (χ1) is 5.95. The molecule has 5 heteroatoms. The highest BCUT2D eigenvalue weighted by Gasteiger charge is 1.94. The Hall–Kier alpha value is -1.49. The van der Waals surface area contributed by atoms with Crippen LogP contribution >= 0.6 is 11.5 Å². The summed E-state index contributed by atoms with van der Waals surface area (Å²) in [6.45, 7) is 0. The fraction of sp³-hybridized carbons (Fsp3) is 0. The lowest BCUT2D eigenvalue weighted by Crippen LogP contribution is -1.87. The van der Waals surface area contributed by atoms with Crippen molar-refractivity contribution in [3.63, 3.8) is 0 Å². The molecule has 0 bridgehead atoms. The molecule has 2 aromatic heterocycles. The summed E-state index contributed by atoms with van der Waals surface area (Å²) in [6.07, 6.45) is 4.97. The van der Waals surface area contributed by atoms with Crippen molar-refractivity contribution in [2.24, 2.45) is 0 Å². The third kappa shape index (κ3) is 1.57. The number of pyridine rings is 1. The quantitative estimate of drug-likeness (QED) is 0.760. The summed E-state index contributed by atoms with van der Waals surface area (Å²) in [5, 5.41) is 3.88. The zero-order chi connectivity index (χ0) is 8.23. The summed E-state index contributed by atoms with van der Waals surface area (Å²) in [5.74, 6) is 0. The minimum absolute atomic E-state index is 0.793. The van der Waals surface area contributed by atoms with E-state index in [4.69, 9.17) is 0 Å². The van der Waals surface area contributed by atoms with Gasteiger partial charge in [0.1, 0.15) is 6.33 Å². The number of hydrogen-bond donors (Lipinski definition) is 1. The second-order valence-corrected chi connectivity index (χ2v) is 2.89. The van der Waals surface area contributed by atoms with Crippen molar-refractivity contribution >= 4 is 22.4 Å². The number of hydrogen-bond acceptors (Lipinski definition) is 5. The number of nitrogens with zero attached hydrogens (tertiary/aromatic N) is 3. The molecule has 12 heavy (non-hydrogen) atoms. The first kappa shape index (κ1) is 7.17. The van der Waals surface area contributed by atoms with Crippen LogP contribution in [0.5, 0.6) is 0 Å². The van der Waals surface area contributed by atoms with Crippen LogP contribution in [0.3, 0.4) is 0 Å². The second kappa shape index (κ2) is 3.27. The molecule has 4 nitrogen and oxygen atoms in total. The van der Waals surface area contributed by atoms with Crippen LogP contribution in [0, 0.1) is 0 Å². The molecule has 1 N–H and O–H groups in total. The van der Waals surface area contributed by atoms with E-state index in [1.165, 1.54) is 17.9 Å². The molecular weight excluding hydrogens is 172 g/mol. The average Bonchev–Trinajstić information content (AvgIpc) is 2.59. The molecule has 0 amide bonds. The summed E-state index contributed by atoms with van der Waals surface area (Å²) in [7, 11) is 0. The van der Waals surface area contributed by atoms with Crippen molar-refractivity contribution in [2.75, 3.05) is 5.32 Å². The Morgan fingerprint density at radius 2 is 2.08 bits per heavy atom. The van der Waals surface area contributed by atoms with Gasteiger partial charge in [0.2, 0.25) is 5.13 Å². The molecule has 2 heterocycles. The summed E-state index contributed by atoms with van der Waals surface area (Å²) in [6, 6.07) is 3.75. The highest BCUT2D eigenvalue weighted by molar-refractivity contribution is 7.09. The monoisotopic (exact) mass is 178 g/mol. The van der Waals surface area contributed by atoms with Gasteiger partial charge in [0.25, 0.3) is 0 Å². The molecular formula is C7H6N4S. The summed E-state index contributed by atoms with van der Waals surface area (Å²) in [4.78, 5) is 7.89. The van der Waals surface area contributed by atoms with Crippen LogP contribution < -0.4 is 5.32 Å². The lowest BCUT2D eigenvalue weighted by atomic mass is 10.4. The normalized spacial score (nSPS) is 9.67. The molecule has 0 atom stereocenters. The number of aromatic nitrogens is 3. The molecule has 0 fully saturated rings. The molecule has 2 aromatic rings. The fourth-order valence-electron chi connectivity index (χ4n) is 0.787. The Labute approximate surface area is 73.5 Å². The van der Waals surface area contributed by atoms with Crippen LogP contribution in [0.15, 0.2) is 30.9 Å². The Bertz CT molecular complexity index is 332.